The molecule has 0 saturated carbocycles. The molecule has 1 aromatic rings. The molecule has 1 aliphatic heterocycles. The van der Waals surface area contributed by atoms with Crippen LogP contribution in [-0.2, 0) is 15.5 Å². The van der Waals surface area contributed by atoms with Crippen LogP contribution >= 0.6 is 0 Å². The zero-order valence-electron chi connectivity index (χ0n) is 11.2. The van der Waals surface area contributed by atoms with Crippen molar-refractivity contribution >= 4 is 22.3 Å². The Balaban J connectivity index is 2.26. The fourth-order valence-corrected chi connectivity index (χ4v) is 3.67. The smallest absolute Gasteiger partial charge is 0.128 e. The number of nitrogens with zero attached hydrogens (tertiary/aromatic N) is 1. The number of benzene rings is 1. The third-order valence-electron chi connectivity index (χ3n) is 3.24. The fourth-order valence-electron chi connectivity index (χ4n) is 2.19. The lowest BCUT2D eigenvalue weighted by atomic mass is 10.1. The molecule has 2 rings (SSSR count). The maximum absolute atomic E-state index is 13.8. The Morgan fingerprint density at radius 2 is 2.25 bits per heavy atom. The molecule has 1 heterocycles. The van der Waals surface area contributed by atoms with Crippen molar-refractivity contribution in [3.63, 3.8) is 0 Å². The van der Waals surface area contributed by atoms with E-state index in [1.807, 2.05) is 0 Å². The Morgan fingerprint density at radius 1 is 1.50 bits per heavy atom. The summed E-state index contributed by atoms with van der Waals surface area (Å²) in [6.07, 6.45) is 0.546. The van der Waals surface area contributed by atoms with Gasteiger partial charge in [-0.15, -0.1) is 0 Å². The van der Waals surface area contributed by atoms with Crippen molar-refractivity contribution in [2.75, 3.05) is 25.2 Å². The summed E-state index contributed by atoms with van der Waals surface area (Å²) in [5.41, 5.74) is 12.3. The number of nitrogens with two attached hydrogens (primary N) is 2. The summed E-state index contributed by atoms with van der Waals surface area (Å²) in [5, 5.41) is -0.324. The van der Waals surface area contributed by atoms with E-state index in [1.165, 1.54) is 18.2 Å². The van der Waals surface area contributed by atoms with E-state index in [1.54, 1.807) is 7.11 Å². The lowest BCUT2D eigenvalue weighted by molar-refractivity contribution is 0.197. The summed E-state index contributed by atoms with van der Waals surface area (Å²) in [7, 11) is 0.375. The molecule has 0 radical (unpaired) electrons. The predicted octanol–water partition coefficient (Wildman–Crippen LogP) is 0.974. The molecule has 0 fully saturated rings. The van der Waals surface area contributed by atoms with Gasteiger partial charge in [-0.05, 0) is 24.6 Å². The van der Waals surface area contributed by atoms with Gasteiger partial charge >= 0.3 is 0 Å². The van der Waals surface area contributed by atoms with E-state index in [9.17, 15) is 8.60 Å². The lowest BCUT2D eigenvalue weighted by Gasteiger charge is -2.25. The van der Waals surface area contributed by atoms with Gasteiger partial charge in [0.05, 0.1) is 17.0 Å². The van der Waals surface area contributed by atoms with Crippen LogP contribution in [0, 0.1) is 5.82 Å². The van der Waals surface area contributed by atoms with E-state index in [0.717, 1.165) is 0 Å². The number of halogens is 1. The molecule has 3 atom stereocenters. The molecule has 2 unspecified atom stereocenters. The zero-order valence-corrected chi connectivity index (χ0v) is 12.0. The number of hydrogen-bond donors (Lipinski definition) is 2. The van der Waals surface area contributed by atoms with Gasteiger partial charge in [-0.2, -0.15) is 0 Å². The van der Waals surface area contributed by atoms with Crippen LogP contribution in [0.25, 0.3) is 0 Å². The highest BCUT2D eigenvalue weighted by molar-refractivity contribution is 7.86. The summed E-state index contributed by atoms with van der Waals surface area (Å²) < 4.78 is 31.0. The van der Waals surface area contributed by atoms with Crippen molar-refractivity contribution in [3.8, 4) is 0 Å². The van der Waals surface area contributed by atoms with Gasteiger partial charge in [0.25, 0.3) is 0 Å². The maximum atomic E-state index is 13.8. The van der Waals surface area contributed by atoms with Crippen molar-refractivity contribution in [2.24, 2.45) is 10.7 Å². The van der Waals surface area contributed by atoms with Gasteiger partial charge in [-0.3, -0.25) is 9.20 Å². The number of aliphatic imine (C=N–C) groups is 1. The van der Waals surface area contributed by atoms with Crippen molar-refractivity contribution in [3.05, 3.63) is 29.6 Å². The minimum absolute atomic E-state index is 0.245. The molecule has 0 aromatic heterocycles. The Hall–Kier alpha value is -1.47. The predicted molar refractivity (Wildman–Crippen MR) is 78.5 cm³/mol. The minimum atomic E-state index is -1.20. The first-order valence-corrected chi connectivity index (χ1v) is 7.65. The molecule has 0 spiro atoms. The molecule has 5 nitrogen and oxygen atoms in total. The van der Waals surface area contributed by atoms with Gasteiger partial charge < -0.3 is 16.2 Å². The third-order valence-corrected chi connectivity index (χ3v) is 4.99. The molecule has 1 aliphatic rings. The van der Waals surface area contributed by atoms with Gasteiger partial charge in [0.1, 0.15) is 11.7 Å². The van der Waals surface area contributed by atoms with E-state index in [-0.39, 0.29) is 11.0 Å². The number of amidine groups is 1. The average Bonchev–Trinajstić information content (AvgIpc) is 2.40. The van der Waals surface area contributed by atoms with Crippen LogP contribution in [0.1, 0.15) is 18.0 Å². The first kappa shape index (κ1) is 14.9. The number of rotatable bonds is 4. The Kier molecular flexibility index (Phi) is 4.72. The second kappa shape index (κ2) is 6.32. The van der Waals surface area contributed by atoms with Crippen molar-refractivity contribution in [1.29, 1.82) is 0 Å². The SMILES string of the molecule is COCC[C@@H]1C(N)=NC(c2cc(N)ccc2F)CS1=O. The number of methoxy groups -OCH3 is 1. The highest BCUT2D eigenvalue weighted by Crippen LogP contribution is 2.28. The molecule has 0 bridgehead atoms. The fraction of sp³-hybridized carbons (Fsp3) is 0.462. The molecule has 1 aromatic carbocycles. The van der Waals surface area contributed by atoms with Gasteiger partial charge in [0.2, 0.25) is 0 Å². The van der Waals surface area contributed by atoms with Gasteiger partial charge in [0.15, 0.2) is 0 Å². The van der Waals surface area contributed by atoms with Gasteiger partial charge in [-0.25, -0.2) is 4.39 Å². The number of hydrogen-bond acceptors (Lipinski definition) is 5. The van der Waals surface area contributed by atoms with E-state index < -0.39 is 22.7 Å². The first-order chi connectivity index (χ1) is 9.52. The Labute approximate surface area is 119 Å². The van der Waals surface area contributed by atoms with Gasteiger partial charge in [0, 0.05) is 35.8 Å². The second-order valence-electron chi connectivity index (χ2n) is 4.67. The van der Waals surface area contributed by atoms with Crippen LogP contribution in [0.3, 0.4) is 0 Å². The normalized spacial score (nSPS) is 26.3. The molecule has 0 aliphatic carbocycles. The summed E-state index contributed by atoms with van der Waals surface area (Å²) in [4.78, 5) is 4.29. The van der Waals surface area contributed by atoms with Crippen LogP contribution in [0.15, 0.2) is 23.2 Å². The first-order valence-electron chi connectivity index (χ1n) is 6.27. The van der Waals surface area contributed by atoms with E-state index in [0.29, 0.717) is 30.1 Å². The zero-order chi connectivity index (χ0) is 14.7. The standard InChI is InChI=1S/C13H18FN3O2S/c1-19-5-4-12-13(16)17-11(7-20(12)18)9-6-8(15)2-3-10(9)14/h2-3,6,11-12H,4-5,7,15H2,1H3,(H2,16,17)/t11?,12-,20?/m1/s1. The molecular weight excluding hydrogens is 281 g/mol. The molecule has 0 amide bonds. The molecule has 110 valence electrons. The van der Waals surface area contributed by atoms with E-state index >= 15 is 0 Å². The lowest BCUT2D eigenvalue weighted by Crippen LogP contribution is -2.40. The molecule has 7 heteroatoms. The van der Waals surface area contributed by atoms with E-state index in [4.69, 9.17) is 16.2 Å². The molecular formula is C13H18FN3O2S. The molecule has 0 saturated heterocycles. The minimum Gasteiger partial charge on any atom is -0.399 e. The monoisotopic (exact) mass is 299 g/mol. The Bertz CT molecular complexity index is 550. The molecule has 4 N–H and O–H groups in total. The highest BCUT2D eigenvalue weighted by Gasteiger charge is 2.31. The summed E-state index contributed by atoms with van der Waals surface area (Å²) in [5.74, 6) is 0.127. The summed E-state index contributed by atoms with van der Waals surface area (Å²) in [6.45, 7) is 0.462. The topological polar surface area (TPSA) is 90.7 Å². The summed E-state index contributed by atoms with van der Waals surface area (Å²) >= 11 is 0. The second-order valence-corrected chi connectivity index (χ2v) is 6.33. The van der Waals surface area contributed by atoms with Crippen LogP contribution in [-0.4, -0.2) is 34.8 Å². The number of anilines is 1. The Morgan fingerprint density at radius 3 is 2.90 bits per heavy atom. The van der Waals surface area contributed by atoms with Gasteiger partial charge in [-0.1, -0.05) is 0 Å². The van der Waals surface area contributed by atoms with Crippen molar-refractivity contribution < 1.29 is 13.3 Å². The number of nitrogen functional groups attached to an aromatic ring is 1. The quantitative estimate of drug-likeness (QED) is 0.811. The van der Waals surface area contributed by atoms with Crippen LogP contribution in [0.5, 0.6) is 0 Å². The van der Waals surface area contributed by atoms with Crippen LogP contribution in [0.4, 0.5) is 10.1 Å². The molecule has 20 heavy (non-hydrogen) atoms. The van der Waals surface area contributed by atoms with Crippen molar-refractivity contribution in [1.82, 2.24) is 0 Å². The largest absolute Gasteiger partial charge is 0.399 e. The average molecular weight is 299 g/mol. The highest BCUT2D eigenvalue weighted by atomic mass is 32.2. The van der Waals surface area contributed by atoms with Crippen LogP contribution < -0.4 is 11.5 Å². The maximum Gasteiger partial charge on any atom is 0.128 e. The van der Waals surface area contributed by atoms with Crippen LogP contribution in [0.2, 0.25) is 0 Å². The van der Waals surface area contributed by atoms with Crippen molar-refractivity contribution in [2.45, 2.75) is 17.7 Å². The van der Waals surface area contributed by atoms with E-state index in [2.05, 4.69) is 4.99 Å². The summed E-state index contributed by atoms with van der Waals surface area (Å²) in [6, 6.07) is 3.74. The number of ether oxygens (including phenoxy) is 1. The third kappa shape index (κ3) is 3.16.